The van der Waals surface area contributed by atoms with Crippen LogP contribution in [0.1, 0.15) is 9.75 Å². The molecule has 0 saturated carbocycles. The van der Waals surface area contributed by atoms with E-state index in [4.69, 9.17) is 9.84 Å². The van der Waals surface area contributed by atoms with Crippen LogP contribution in [0.5, 0.6) is 10.1 Å². The Balaban J connectivity index is 0.000000151. The second-order valence-corrected chi connectivity index (χ2v) is 5.47. The molecule has 82 valence electrons. The first-order chi connectivity index (χ1) is 7.11. The molecular weight excluding hydrogens is 228 g/mol. The van der Waals surface area contributed by atoms with Crippen molar-refractivity contribution in [2.45, 2.75) is 13.8 Å². The van der Waals surface area contributed by atoms with Gasteiger partial charge in [0, 0.05) is 9.75 Å². The van der Waals surface area contributed by atoms with Crippen LogP contribution in [0.3, 0.4) is 0 Å². The van der Waals surface area contributed by atoms with Crippen LogP contribution in [0, 0.1) is 13.8 Å². The topological polar surface area (TPSA) is 29.5 Å². The van der Waals surface area contributed by atoms with E-state index in [0.29, 0.717) is 5.06 Å². The fourth-order valence-corrected chi connectivity index (χ4v) is 2.22. The zero-order valence-corrected chi connectivity index (χ0v) is 10.6. The smallest absolute Gasteiger partial charge is 0.173 e. The molecule has 0 radical (unpaired) electrons. The van der Waals surface area contributed by atoms with Crippen LogP contribution in [0.15, 0.2) is 24.3 Å². The van der Waals surface area contributed by atoms with Crippen molar-refractivity contribution in [3.05, 3.63) is 34.0 Å². The van der Waals surface area contributed by atoms with E-state index in [0.717, 1.165) is 9.94 Å². The fraction of sp³-hybridized carbons (Fsp3) is 0.273. The minimum Gasteiger partial charge on any atom is -0.499 e. The van der Waals surface area contributed by atoms with Crippen molar-refractivity contribution in [2.75, 3.05) is 7.11 Å². The largest absolute Gasteiger partial charge is 0.499 e. The van der Waals surface area contributed by atoms with Gasteiger partial charge in [-0.25, -0.2) is 0 Å². The lowest BCUT2D eigenvalue weighted by Gasteiger charge is -1.87. The summed E-state index contributed by atoms with van der Waals surface area (Å²) >= 11 is 3.06. The number of rotatable bonds is 1. The van der Waals surface area contributed by atoms with Crippen LogP contribution in [0.25, 0.3) is 0 Å². The van der Waals surface area contributed by atoms with Gasteiger partial charge in [0.15, 0.2) is 10.1 Å². The lowest BCUT2D eigenvalue weighted by atomic mass is 10.5. The molecule has 0 atom stereocenters. The van der Waals surface area contributed by atoms with Crippen molar-refractivity contribution in [1.29, 1.82) is 0 Å². The minimum atomic E-state index is 0.400. The minimum absolute atomic E-state index is 0.400. The van der Waals surface area contributed by atoms with Crippen LogP contribution < -0.4 is 4.74 Å². The third-order valence-electron chi connectivity index (χ3n) is 1.64. The molecule has 0 saturated heterocycles. The van der Waals surface area contributed by atoms with Gasteiger partial charge in [-0.2, -0.15) is 0 Å². The number of methoxy groups -OCH3 is 1. The highest BCUT2D eigenvalue weighted by Gasteiger charge is 1.90. The summed E-state index contributed by atoms with van der Waals surface area (Å²) in [5.41, 5.74) is 0. The zero-order valence-electron chi connectivity index (χ0n) is 8.98. The monoisotopic (exact) mass is 242 g/mol. The third kappa shape index (κ3) is 4.36. The van der Waals surface area contributed by atoms with Crippen LogP contribution in [0.2, 0.25) is 0 Å². The summed E-state index contributed by atoms with van der Waals surface area (Å²) in [6, 6.07) is 7.60. The average Bonchev–Trinajstić information content (AvgIpc) is 2.76. The molecule has 15 heavy (non-hydrogen) atoms. The van der Waals surface area contributed by atoms with Gasteiger partial charge in [0.2, 0.25) is 0 Å². The summed E-state index contributed by atoms with van der Waals surface area (Å²) in [5.74, 6) is 0. The molecule has 0 aliphatic rings. The Hall–Kier alpha value is -1.00. The van der Waals surface area contributed by atoms with E-state index in [1.54, 1.807) is 24.5 Å². The number of aryl methyl sites for hydroxylation is 2. The maximum atomic E-state index is 8.67. The molecule has 2 aromatic heterocycles. The molecule has 0 aliphatic carbocycles. The maximum Gasteiger partial charge on any atom is 0.173 e. The Labute approximate surface area is 97.8 Å². The van der Waals surface area contributed by atoms with Crippen molar-refractivity contribution in [3.63, 3.8) is 0 Å². The third-order valence-corrected chi connectivity index (χ3v) is 3.41. The van der Waals surface area contributed by atoms with Crippen molar-refractivity contribution in [3.8, 4) is 10.1 Å². The van der Waals surface area contributed by atoms with E-state index in [1.165, 1.54) is 16.2 Å². The maximum absolute atomic E-state index is 8.67. The molecule has 2 rings (SSSR count). The summed E-state index contributed by atoms with van der Waals surface area (Å²) in [7, 11) is 1.69. The van der Waals surface area contributed by atoms with Crippen molar-refractivity contribution >= 4 is 22.7 Å². The molecule has 0 aliphatic heterocycles. The molecule has 2 heterocycles. The van der Waals surface area contributed by atoms with Crippen molar-refractivity contribution in [2.24, 2.45) is 0 Å². The zero-order chi connectivity index (χ0) is 11.3. The molecule has 0 bridgehead atoms. The molecule has 1 N–H and O–H groups in total. The summed E-state index contributed by atoms with van der Waals surface area (Å²) in [6.07, 6.45) is 0. The second-order valence-electron chi connectivity index (χ2n) is 2.95. The van der Waals surface area contributed by atoms with Gasteiger partial charge in [0.05, 0.1) is 7.11 Å². The first-order valence-electron chi connectivity index (χ1n) is 4.47. The van der Waals surface area contributed by atoms with Gasteiger partial charge in [0.25, 0.3) is 0 Å². The summed E-state index contributed by atoms with van der Waals surface area (Å²) < 4.78 is 4.95. The number of hydrogen-bond acceptors (Lipinski definition) is 4. The van der Waals surface area contributed by atoms with Crippen molar-refractivity contribution in [1.82, 2.24) is 0 Å². The standard InChI is InChI=1S/C6H8OS.C5H6OS/c1-5-3-4-6(7-2)8-5;1-4-2-3-5(6)7-4/h3-4H,1-2H3;2-3,6H,1H3. The summed E-state index contributed by atoms with van der Waals surface area (Å²) in [6.45, 7) is 4.03. The van der Waals surface area contributed by atoms with Crippen LogP contribution >= 0.6 is 22.7 Å². The van der Waals surface area contributed by atoms with Gasteiger partial charge < -0.3 is 9.84 Å². The number of ether oxygens (including phenoxy) is 1. The van der Waals surface area contributed by atoms with Crippen LogP contribution in [-0.2, 0) is 0 Å². The molecule has 0 unspecified atom stereocenters. The Morgan fingerprint density at radius 1 is 1.00 bits per heavy atom. The van der Waals surface area contributed by atoms with E-state index in [1.807, 2.05) is 25.1 Å². The van der Waals surface area contributed by atoms with Gasteiger partial charge in [0.1, 0.15) is 0 Å². The van der Waals surface area contributed by atoms with Crippen molar-refractivity contribution < 1.29 is 9.84 Å². The Morgan fingerprint density at radius 3 is 1.80 bits per heavy atom. The highest BCUT2D eigenvalue weighted by Crippen LogP contribution is 2.22. The highest BCUT2D eigenvalue weighted by atomic mass is 32.1. The molecule has 0 aromatic carbocycles. The molecule has 0 spiro atoms. The lowest BCUT2D eigenvalue weighted by molar-refractivity contribution is 0.427. The van der Waals surface area contributed by atoms with Gasteiger partial charge in [-0.05, 0) is 38.1 Å². The van der Waals surface area contributed by atoms with Gasteiger partial charge >= 0.3 is 0 Å². The Kier molecular flexibility index (Phi) is 4.65. The van der Waals surface area contributed by atoms with Gasteiger partial charge in [-0.1, -0.05) is 0 Å². The number of hydrogen-bond donors (Lipinski definition) is 1. The van der Waals surface area contributed by atoms with Gasteiger partial charge in [-0.3, -0.25) is 0 Å². The highest BCUT2D eigenvalue weighted by molar-refractivity contribution is 7.13. The number of thiophene rings is 2. The molecule has 0 amide bonds. The fourth-order valence-electron chi connectivity index (χ4n) is 0.943. The normalized spacial score (nSPS) is 9.27. The molecule has 4 heteroatoms. The molecular formula is C11H14O2S2. The molecule has 0 fully saturated rings. The summed E-state index contributed by atoms with van der Waals surface area (Å²) in [4.78, 5) is 2.44. The Bertz CT molecular complexity index is 388. The first-order valence-corrected chi connectivity index (χ1v) is 6.11. The predicted molar refractivity (Wildman–Crippen MR) is 66.3 cm³/mol. The molecule has 2 aromatic rings. The Morgan fingerprint density at radius 2 is 1.60 bits per heavy atom. The summed E-state index contributed by atoms with van der Waals surface area (Å²) in [5, 5.41) is 10.1. The molecule has 2 nitrogen and oxygen atoms in total. The van der Waals surface area contributed by atoms with E-state index >= 15 is 0 Å². The number of aromatic hydroxyl groups is 1. The van der Waals surface area contributed by atoms with E-state index in [2.05, 4.69) is 6.92 Å². The van der Waals surface area contributed by atoms with E-state index in [9.17, 15) is 0 Å². The SMILES string of the molecule is COc1ccc(C)s1.Cc1ccc(O)s1. The van der Waals surface area contributed by atoms with Gasteiger partial charge in [-0.15, -0.1) is 22.7 Å². The van der Waals surface area contributed by atoms with E-state index in [-0.39, 0.29) is 0 Å². The van der Waals surface area contributed by atoms with Crippen LogP contribution in [-0.4, -0.2) is 12.2 Å². The van der Waals surface area contributed by atoms with Crippen LogP contribution in [0.4, 0.5) is 0 Å². The second kappa shape index (κ2) is 5.78. The predicted octanol–water partition coefficient (Wildman–Crippen LogP) is 3.83. The quantitative estimate of drug-likeness (QED) is 0.823. The van der Waals surface area contributed by atoms with E-state index < -0.39 is 0 Å². The first kappa shape index (κ1) is 12.1. The average molecular weight is 242 g/mol. The lowest BCUT2D eigenvalue weighted by Crippen LogP contribution is -1.73.